The molecule has 0 aromatic heterocycles. The molecule has 1 rings (SSSR count). The lowest BCUT2D eigenvalue weighted by Gasteiger charge is -2.08. The third kappa shape index (κ3) is 4.75. The summed E-state index contributed by atoms with van der Waals surface area (Å²) in [5.41, 5.74) is 6.17. The molecular formula is C12H13NO5. The van der Waals surface area contributed by atoms with Crippen LogP contribution in [0.5, 0.6) is 0 Å². The van der Waals surface area contributed by atoms with E-state index in [-0.39, 0.29) is 19.5 Å². The Kier molecular flexibility index (Phi) is 5.53. The SMILES string of the molecule is N[C@@H](CC(=O)OCc1ccccc1)C(=O)OC=O. The van der Waals surface area contributed by atoms with Gasteiger partial charge in [0.25, 0.3) is 0 Å². The molecule has 1 aromatic rings. The number of carbonyl (C=O) groups excluding carboxylic acids is 3. The molecule has 1 aromatic carbocycles. The summed E-state index contributed by atoms with van der Waals surface area (Å²) in [7, 11) is 0. The molecule has 6 nitrogen and oxygen atoms in total. The summed E-state index contributed by atoms with van der Waals surface area (Å²) < 4.78 is 8.93. The molecule has 96 valence electrons. The van der Waals surface area contributed by atoms with Gasteiger partial charge in [0.15, 0.2) is 0 Å². The molecular weight excluding hydrogens is 238 g/mol. The molecule has 0 saturated carbocycles. The number of hydrogen-bond acceptors (Lipinski definition) is 6. The molecule has 0 bridgehead atoms. The molecule has 0 spiro atoms. The van der Waals surface area contributed by atoms with E-state index in [1.54, 1.807) is 12.1 Å². The average molecular weight is 251 g/mol. The van der Waals surface area contributed by atoms with Gasteiger partial charge in [0.05, 0.1) is 6.42 Å². The summed E-state index contributed by atoms with van der Waals surface area (Å²) in [4.78, 5) is 32.2. The first kappa shape index (κ1) is 13.9. The van der Waals surface area contributed by atoms with E-state index in [9.17, 15) is 14.4 Å². The Morgan fingerprint density at radius 1 is 1.28 bits per heavy atom. The van der Waals surface area contributed by atoms with Gasteiger partial charge in [-0.3, -0.25) is 9.59 Å². The van der Waals surface area contributed by atoms with E-state index >= 15 is 0 Å². The highest BCUT2D eigenvalue weighted by atomic mass is 16.6. The predicted octanol–water partition coefficient (Wildman–Crippen LogP) is 0.147. The smallest absolute Gasteiger partial charge is 0.330 e. The fourth-order valence-electron chi connectivity index (χ4n) is 1.19. The fraction of sp³-hybridized carbons (Fsp3) is 0.250. The van der Waals surface area contributed by atoms with Gasteiger partial charge in [-0.1, -0.05) is 30.3 Å². The highest BCUT2D eigenvalue weighted by Gasteiger charge is 2.19. The van der Waals surface area contributed by atoms with E-state index in [4.69, 9.17) is 10.5 Å². The second kappa shape index (κ2) is 7.18. The zero-order valence-electron chi connectivity index (χ0n) is 9.57. The standard InChI is InChI=1S/C12H13NO5/c13-10(12(16)18-8-14)6-11(15)17-7-9-4-2-1-3-5-9/h1-5,8,10H,6-7,13H2/t10-/m0/s1. The molecule has 0 aliphatic carbocycles. The van der Waals surface area contributed by atoms with Crippen LogP contribution < -0.4 is 5.73 Å². The summed E-state index contributed by atoms with van der Waals surface area (Å²) in [6.45, 7) is 0.0760. The monoisotopic (exact) mass is 251 g/mol. The van der Waals surface area contributed by atoms with Crippen LogP contribution in [0.4, 0.5) is 0 Å². The first-order chi connectivity index (χ1) is 8.63. The van der Waals surface area contributed by atoms with E-state index in [0.717, 1.165) is 5.56 Å². The maximum Gasteiger partial charge on any atom is 0.330 e. The van der Waals surface area contributed by atoms with Gasteiger partial charge in [0.1, 0.15) is 12.6 Å². The van der Waals surface area contributed by atoms with Crippen molar-refractivity contribution < 1.29 is 23.9 Å². The summed E-state index contributed by atoms with van der Waals surface area (Å²) in [6.07, 6.45) is -0.334. The van der Waals surface area contributed by atoms with Crippen molar-refractivity contribution in [2.45, 2.75) is 19.1 Å². The van der Waals surface area contributed by atoms with Gasteiger partial charge in [-0.15, -0.1) is 0 Å². The summed E-state index contributed by atoms with van der Waals surface area (Å²) >= 11 is 0. The highest BCUT2D eigenvalue weighted by Crippen LogP contribution is 2.02. The quantitative estimate of drug-likeness (QED) is 0.439. The van der Waals surface area contributed by atoms with Gasteiger partial charge in [-0.2, -0.15) is 0 Å². The van der Waals surface area contributed by atoms with Crippen LogP contribution in [0.15, 0.2) is 30.3 Å². The van der Waals surface area contributed by atoms with Gasteiger partial charge in [0.2, 0.25) is 0 Å². The largest absolute Gasteiger partial charge is 0.461 e. The lowest BCUT2D eigenvalue weighted by Crippen LogP contribution is -2.34. The number of benzene rings is 1. The third-order valence-electron chi connectivity index (χ3n) is 2.10. The number of esters is 2. The lowest BCUT2D eigenvalue weighted by atomic mass is 10.2. The second-order valence-electron chi connectivity index (χ2n) is 3.49. The molecule has 0 aliphatic rings. The van der Waals surface area contributed by atoms with Crippen molar-refractivity contribution in [1.82, 2.24) is 0 Å². The molecule has 0 fully saturated rings. The lowest BCUT2D eigenvalue weighted by molar-refractivity contribution is -0.156. The van der Waals surface area contributed by atoms with Crippen molar-refractivity contribution >= 4 is 18.4 Å². The van der Waals surface area contributed by atoms with Gasteiger partial charge >= 0.3 is 18.4 Å². The molecule has 0 radical (unpaired) electrons. The molecule has 1 atom stereocenters. The zero-order chi connectivity index (χ0) is 13.4. The Balaban J connectivity index is 2.33. The summed E-state index contributed by atoms with van der Waals surface area (Å²) in [5.74, 6) is -1.59. The minimum absolute atomic E-state index is 0.0303. The van der Waals surface area contributed by atoms with Crippen molar-refractivity contribution in [2.24, 2.45) is 5.73 Å². The van der Waals surface area contributed by atoms with Crippen LogP contribution >= 0.6 is 0 Å². The predicted molar refractivity (Wildman–Crippen MR) is 61.0 cm³/mol. The van der Waals surface area contributed by atoms with Gasteiger partial charge < -0.3 is 15.2 Å². The van der Waals surface area contributed by atoms with Crippen LogP contribution in [0, 0.1) is 0 Å². The molecule has 0 saturated heterocycles. The normalized spacial score (nSPS) is 11.4. The van der Waals surface area contributed by atoms with Crippen LogP contribution in [0.1, 0.15) is 12.0 Å². The van der Waals surface area contributed by atoms with E-state index in [0.29, 0.717) is 0 Å². The van der Waals surface area contributed by atoms with E-state index in [2.05, 4.69) is 4.74 Å². The summed E-state index contributed by atoms with van der Waals surface area (Å²) in [5, 5.41) is 0. The fourth-order valence-corrected chi connectivity index (χ4v) is 1.19. The molecule has 0 aliphatic heterocycles. The molecule has 0 amide bonds. The Bertz CT molecular complexity index is 418. The van der Waals surface area contributed by atoms with Crippen LogP contribution in [0.25, 0.3) is 0 Å². The molecule has 18 heavy (non-hydrogen) atoms. The van der Waals surface area contributed by atoms with E-state index in [1.165, 1.54) is 0 Å². The maximum absolute atomic E-state index is 11.3. The van der Waals surface area contributed by atoms with Crippen LogP contribution in [-0.2, 0) is 30.5 Å². The number of ether oxygens (including phenoxy) is 2. The highest BCUT2D eigenvalue weighted by molar-refractivity contribution is 5.85. The first-order valence-corrected chi connectivity index (χ1v) is 5.22. The Morgan fingerprint density at radius 3 is 2.56 bits per heavy atom. The second-order valence-corrected chi connectivity index (χ2v) is 3.49. The van der Waals surface area contributed by atoms with Gasteiger partial charge in [-0.05, 0) is 5.56 Å². The topological polar surface area (TPSA) is 95.7 Å². The van der Waals surface area contributed by atoms with Gasteiger partial charge in [0, 0.05) is 0 Å². The minimum Gasteiger partial charge on any atom is -0.461 e. The molecule has 0 heterocycles. The Labute approximate surface area is 104 Å². The van der Waals surface area contributed by atoms with Crippen molar-refractivity contribution in [3.05, 3.63) is 35.9 Å². The van der Waals surface area contributed by atoms with Crippen molar-refractivity contribution in [3.8, 4) is 0 Å². The molecule has 0 unspecified atom stereocenters. The van der Waals surface area contributed by atoms with Crippen molar-refractivity contribution in [3.63, 3.8) is 0 Å². The Hall–Kier alpha value is -2.21. The third-order valence-corrected chi connectivity index (χ3v) is 2.10. The van der Waals surface area contributed by atoms with Crippen LogP contribution in [-0.4, -0.2) is 24.5 Å². The molecule has 2 N–H and O–H groups in total. The minimum atomic E-state index is -1.20. The van der Waals surface area contributed by atoms with Gasteiger partial charge in [-0.25, -0.2) is 4.79 Å². The van der Waals surface area contributed by atoms with Crippen LogP contribution in [0.2, 0.25) is 0 Å². The van der Waals surface area contributed by atoms with Crippen LogP contribution in [0.3, 0.4) is 0 Å². The van der Waals surface area contributed by atoms with Crippen molar-refractivity contribution in [1.29, 1.82) is 0 Å². The number of hydrogen-bond donors (Lipinski definition) is 1. The van der Waals surface area contributed by atoms with E-state index < -0.39 is 18.0 Å². The zero-order valence-corrected chi connectivity index (χ0v) is 9.57. The molecule has 6 heteroatoms. The number of nitrogens with two attached hydrogens (primary N) is 1. The number of rotatable bonds is 6. The van der Waals surface area contributed by atoms with Crippen molar-refractivity contribution in [2.75, 3.05) is 0 Å². The summed E-state index contributed by atoms with van der Waals surface area (Å²) in [6, 6.07) is 7.88. The average Bonchev–Trinajstić information content (AvgIpc) is 2.38. The van der Waals surface area contributed by atoms with E-state index in [1.807, 2.05) is 18.2 Å². The Morgan fingerprint density at radius 2 is 1.94 bits per heavy atom. The number of carbonyl (C=O) groups is 3. The first-order valence-electron chi connectivity index (χ1n) is 5.22. The maximum atomic E-state index is 11.3.